The number of ether oxygens (including phenoxy) is 1. The average Bonchev–Trinajstić information content (AvgIpc) is 3.26. The fourth-order valence-corrected chi connectivity index (χ4v) is 3.45. The standard InChI is InChI=1S/C19H24N2O4/c1-13(18(23)20-14-7-2-3-8-14)25-19(24)15-9-4-5-10-16(15)21-12-6-11-17(21)22/h4-5,9-10,13-14H,2-3,6-8,11-12H2,1H3,(H,20,23)/t13-/m1/s1. The van der Waals surface area contributed by atoms with Crippen molar-refractivity contribution < 1.29 is 19.1 Å². The molecule has 2 aliphatic rings. The first kappa shape index (κ1) is 17.5. The molecule has 134 valence electrons. The van der Waals surface area contributed by atoms with Gasteiger partial charge in [-0.25, -0.2) is 4.79 Å². The van der Waals surface area contributed by atoms with E-state index in [2.05, 4.69) is 5.32 Å². The molecule has 1 saturated heterocycles. The van der Waals surface area contributed by atoms with Crippen molar-refractivity contribution in [2.24, 2.45) is 0 Å². The molecule has 6 heteroatoms. The molecule has 0 unspecified atom stereocenters. The summed E-state index contributed by atoms with van der Waals surface area (Å²) in [6.07, 6.45) is 4.60. The molecule has 1 heterocycles. The smallest absolute Gasteiger partial charge is 0.341 e. The Bertz CT molecular complexity index is 667. The molecule has 0 bridgehead atoms. The van der Waals surface area contributed by atoms with Gasteiger partial charge in [0, 0.05) is 19.0 Å². The Hall–Kier alpha value is -2.37. The Morgan fingerprint density at radius 2 is 1.92 bits per heavy atom. The maximum Gasteiger partial charge on any atom is 0.341 e. The van der Waals surface area contributed by atoms with Crippen molar-refractivity contribution in [3.05, 3.63) is 29.8 Å². The Balaban J connectivity index is 1.66. The Morgan fingerprint density at radius 3 is 2.60 bits per heavy atom. The van der Waals surface area contributed by atoms with Crippen molar-refractivity contribution in [2.75, 3.05) is 11.4 Å². The minimum absolute atomic E-state index is 0.00674. The predicted octanol–water partition coefficient (Wildman–Crippen LogP) is 2.42. The van der Waals surface area contributed by atoms with Gasteiger partial charge in [0.2, 0.25) is 5.91 Å². The highest BCUT2D eigenvalue weighted by atomic mass is 16.5. The molecule has 1 atom stereocenters. The van der Waals surface area contributed by atoms with Gasteiger partial charge in [0.05, 0.1) is 11.3 Å². The lowest BCUT2D eigenvalue weighted by Crippen LogP contribution is -2.41. The molecule has 0 radical (unpaired) electrons. The highest BCUT2D eigenvalue weighted by Crippen LogP contribution is 2.26. The molecular formula is C19H24N2O4. The summed E-state index contributed by atoms with van der Waals surface area (Å²) in [7, 11) is 0. The van der Waals surface area contributed by atoms with E-state index in [0.717, 1.165) is 32.1 Å². The van der Waals surface area contributed by atoms with Gasteiger partial charge < -0.3 is 15.0 Å². The van der Waals surface area contributed by atoms with Crippen LogP contribution in [-0.4, -0.2) is 36.5 Å². The van der Waals surface area contributed by atoms with Crippen LogP contribution in [0.25, 0.3) is 0 Å². The lowest BCUT2D eigenvalue weighted by molar-refractivity contribution is -0.129. The largest absolute Gasteiger partial charge is 0.449 e. The van der Waals surface area contributed by atoms with Crippen LogP contribution < -0.4 is 10.2 Å². The molecule has 1 saturated carbocycles. The van der Waals surface area contributed by atoms with Gasteiger partial charge >= 0.3 is 5.97 Å². The summed E-state index contributed by atoms with van der Waals surface area (Å²) in [5, 5.41) is 2.93. The Morgan fingerprint density at radius 1 is 1.20 bits per heavy atom. The molecule has 0 spiro atoms. The number of anilines is 1. The first-order chi connectivity index (χ1) is 12.1. The fourth-order valence-electron chi connectivity index (χ4n) is 3.45. The first-order valence-corrected chi connectivity index (χ1v) is 8.97. The third-order valence-electron chi connectivity index (χ3n) is 4.84. The molecule has 0 aromatic heterocycles. The number of carbonyl (C=O) groups is 3. The number of hydrogen-bond donors (Lipinski definition) is 1. The van der Waals surface area contributed by atoms with Gasteiger partial charge in [0.15, 0.2) is 6.10 Å². The average molecular weight is 344 g/mol. The SMILES string of the molecule is C[C@@H](OC(=O)c1ccccc1N1CCCC1=O)C(=O)NC1CCCC1. The highest BCUT2D eigenvalue weighted by Gasteiger charge is 2.28. The zero-order valence-corrected chi connectivity index (χ0v) is 14.5. The second kappa shape index (κ2) is 7.68. The number of para-hydroxylation sites is 1. The van der Waals surface area contributed by atoms with Crippen molar-refractivity contribution >= 4 is 23.5 Å². The number of rotatable bonds is 5. The van der Waals surface area contributed by atoms with Crippen LogP contribution in [0.4, 0.5) is 5.69 Å². The molecule has 1 N–H and O–H groups in total. The summed E-state index contributed by atoms with van der Waals surface area (Å²) in [5.41, 5.74) is 0.872. The van der Waals surface area contributed by atoms with Crippen LogP contribution in [0.1, 0.15) is 55.8 Å². The van der Waals surface area contributed by atoms with Crippen molar-refractivity contribution in [1.29, 1.82) is 0 Å². The van der Waals surface area contributed by atoms with Crippen molar-refractivity contribution in [3.63, 3.8) is 0 Å². The monoisotopic (exact) mass is 344 g/mol. The van der Waals surface area contributed by atoms with Gasteiger partial charge in [-0.1, -0.05) is 25.0 Å². The van der Waals surface area contributed by atoms with Gasteiger partial charge in [0.1, 0.15) is 0 Å². The normalized spacial score (nSPS) is 19.1. The van der Waals surface area contributed by atoms with Crippen LogP contribution in [-0.2, 0) is 14.3 Å². The number of nitrogens with one attached hydrogen (secondary N) is 1. The number of benzene rings is 1. The first-order valence-electron chi connectivity index (χ1n) is 8.97. The van der Waals surface area contributed by atoms with Crippen LogP contribution in [0.3, 0.4) is 0 Å². The minimum atomic E-state index is -0.865. The van der Waals surface area contributed by atoms with Crippen molar-refractivity contribution in [1.82, 2.24) is 5.32 Å². The van der Waals surface area contributed by atoms with E-state index >= 15 is 0 Å². The van der Waals surface area contributed by atoms with Crippen LogP contribution >= 0.6 is 0 Å². The van der Waals surface area contributed by atoms with E-state index in [9.17, 15) is 14.4 Å². The Labute approximate surface area is 147 Å². The topological polar surface area (TPSA) is 75.7 Å². The number of hydrogen-bond acceptors (Lipinski definition) is 4. The molecule has 1 aliphatic heterocycles. The van der Waals surface area contributed by atoms with E-state index < -0.39 is 12.1 Å². The zero-order chi connectivity index (χ0) is 17.8. The molecule has 2 fully saturated rings. The molecule has 2 amide bonds. The lowest BCUT2D eigenvalue weighted by atomic mass is 10.1. The van der Waals surface area contributed by atoms with Crippen LogP contribution in [0.2, 0.25) is 0 Å². The lowest BCUT2D eigenvalue weighted by Gasteiger charge is -2.21. The van der Waals surface area contributed by atoms with Gasteiger partial charge in [-0.3, -0.25) is 9.59 Å². The minimum Gasteiger partial charge on any atom is -0.449 e. The van der Waals surface area contributed by atoms with Gasteiger partial charge in [-0.2, -0.15) is 0 Å². The maximum absolute atomic E-state index is 12.5. The molecule has 6 nitrogen and oxygen atoms in total. The van der Waals surface area contributed by atoms with Gasteiger partial charge in [0.25, 0.3) is 5.91 Å². The van der Waals surface area contributed by atoms with Crippen molar-refractivity contribution in [2.45, 2.75) is 57.6 Å². The maximum atomic E-state index is 12.5. The summed E-state index contributed by atoms with van der Waals surface area (Å²) < 4.78 is 5.36. The van der Waals surface area contributed by atoms with Crippen LogP contribution in [0.15, 0.2) is 24.3 Å². The second-order valence-corrected chi connectivity index (χ2v) is 6.70. The number of amides is 2. The third kappa shape index (κ3) is 4.00. The summed E-state index contributed by atoms with van der Waals surface area (Å²) in [6, 6.07) is 7.06. The molecule has 1 aromatic rings. The van der Waals surface area contributed by atoms with Gasteiger partial charge in [-0.05, 0) is 38.3 Å². The van der Waals surface area contributed by atoms with E-state index in [1.807, 2.05) is 0 Å². The summed E-state index contributed by atoms with van der Waals surface area (Å²) in [5.74, 6) is -0.841. The quantitative estimate of drug-likeness (QED) is 0.833. The molecule has 25 heavy (non-hydrogen) atoms. The third-order valence-corrected chi connectivity index (χ3v) is 4.84. The van der Waals surface area contributed by atoms with E-state index in [1.54, 1.807) is 36.1 Å². The number of esters is 1. The van der Waals surface area contributed by atoms with E-state index in [4.69, 9.17) is 4.74 Å². The molecule has 1 aromatic carbocycles. The molecular weight excluding hydrogens is 320 g/mol. The van der Waals surface area contributed by atoms with E-state index in [0.29, 0.717) is 24.2 Å². The predicted molar refractivity (Wildman–Crippen MR) is 93.3 cm³/mol. The second-order valence-electron chi connectivity index (χ2n) is 6.70. The summed E-state index contributed by atoms with van der Waals surface area (Å²) in [4.78, 5) is 38.3. The van der Waals surface area contributed by atoms with Crippen molar-refractivity contribution in [3.8, 4) is 0 Å². The Kier molecular flexibility index (Phi) is 5.36. The zero-order valence-electron chi connectivity index (χ0n) is 14.5. The number of carbonyl (C=O) groups excluding carboxylic acids is 3. The van der Waals surface area contributed by atoms with E-state index in [-0.39, 0.29) is 17.9 Å². The fraction of sp³-hybridized carbons (Fsp3) is 0.526. The van der Waals surface area contributed by atoms with E-state index in [1.165, 1.54) is 0 Å². The van der Waals surface area contributed by atoms with Crippen LogP contribution in [0, 0.1) is 0 Å². The highest BCUT2D eigenvalue weighted by molar-refractivity contribution is 6.04. The van der Waals surface area contributed by atoms with Gasteiger partial charge in [-0.15, -0.1) is 0 Å². The molecule has 3 rings (SSSR count). The summed E-state index contributed by atoms with van der Waals surface area (Å²) >= 11 is 0. The van der Waals surface area contributed by atoms with Crippen LogP contribution in [0.5, 0.6) is 0 Å². The summed E-state index contributed by atoms with van der Waals surface area (Å²) in [6.45, 7) is 2.17. The number of nitrogens with zero attached hydrogens (tertiary/aromatic N) is 1. The molecule has 1 aliphatic carbocycles.